The molecule has 5 nitrogen and oxygen atoms in total. The van der Waals surface area contributed by atoms with E-state index < -0.39 is 18.0 Å². The first-order valence-electron chi connectivity index (χ1n) is 6.94. The molecule has 2 atom stereocenters. The molecule has 2 amide bonds. The second-order valence-corrected chi connectivity index (χ2v) is 6.08. The van der Waals surface area contributed by atoms with E-state index in [0.717, 1.165) is 17.1 Å². The molecule has 1 aromatic carbocycles. The average molecular weight is 310 g/mol. The summed E-state index contributed by atoms with van der Waals surface area (Å²) in [6.45, 7) is 3.95. The third kappa shape index (κ3) is 7.04. The van der Waals surface area contributed by atoms with Crippen LogP contribution in [-0.2, 0) is 11.2 Å². The number of benzene rings is 1. The first-order valence-corrected chi connectivity index (χ1v) is 8.10. The largest absolute Gasteiger partial charge is 0.480 e. The molecule has 0 aromatic heterocycles. The van der Waals surface area contributed by atoms with Gasteiger partial charge in [0.15, 0.2) is 0 Å². The lowest BCUT2D eigenvalue weighted by molar-refractivity contribution is -0.139. The average Bonchev–Trinajstić information content (AvgIpc) is 2.45. The van der Waals surface area contributed by atoms with Crippen molar-refractivity contribution in [3.63, 3.8) is 0 Å². The van der Waals surface area contributed by atoms with Gasteiger partial charge in [0, 0.05) is 18.2 Å². The number of rotatable bonds is 8. The number of nitrogens with one attached hydrogen (secondary N) is 2. The van der Waals surface area contributed by atoms with Crippen LogP contribution in [-0.4, -0.2) is 40.7 Å². The third-order valence-electron chi connectivity index (χ3n) is 2.84. The molecule has 0 aliphatic carbocycles. The minimum absolute atomic E-state index is 0.00104. The number of aliphatic carboxylic acids is 1. The molecule has 0 aliphatic rings. The Morgan fingerprint density at radius 3 is 2.48 bits per heavy atom. The van der Waals surface area contributed by atoms with Crippen LogP contribution in [0.1, 0.15) is 19.4 Å². The molecular formula is C15H22N2O3S. The van der Waals surface area contributed by atoms with Gasteiger partial charge in [-0.3, -0.25) is 0 Å². The molecule has 1 aromatic rings. The highest BCUT2D eigenvalue weighted by atomic mass is 32.2. The van der Waals surface area contributed by atoms with Crippen molar-refractivity contribution in [1.29, 1.82) is 0 Å². The van der Waals surface area contributed by atoms with Crippen LogP contribution in [0.3, 0.4) is 0 Å². The molecule has 6 heteroatoms. The summed E-state index contributed by atoms with van der Waals surface area (Å²) in [5.41, 5.74) is 0.875. The van der Waals surface area contributed by atoms with Crippen LogP contribution in [0.4, 0.5) is 4.79 Å². The molecule has 0 radical (unpaired) electrons. The van der Waals surface area contributed by atoms with Crippen LogP contribution in [0.15, 0.2) is 30.3 Å². The molecule has 0 bridgehead atoms. The number of carboxylic acids is 1. The lowest BCUT2D eigenvalue weighted by Gasteiger charge is -2.18. The molecule has 0 saturated heterocycles. The second-order valence-electron chi connectivity index (χ2n) is 4.76. The standard InChI is InChI=1S/C15H22N2O3S/c1-3-21-10-11(2)16-15(20)17-13(14(18)19)9-12-7-5-4-6-8-12/h4-8,11,13H,3,9-10H2,1-2H3,(H,18,19)(H2,16,17,20)/t11?,13-/m0/s1. The van der Waals surface area contributed by atoms with Crippen molar-refractivity contribution in [2.75, 3.05) is 11.5 Å². The van der Waals surface area contributed by atoms with E-state index in [1.54, 1.807) is 11.8 Å². The first-order chi connectivity index (χ1) is 10.0. The second kappa shape index (κ2) is 9.28. The first kappa shape index (κ1) is 17.4. The van der Waals surface area contributed by atoms with Gasteiger partial charge < -0.3 is 15.7 Å². The van der Waals surface area contributed by atoms with Crippen molar-refractivity contribution < 1.29 is 14.7 Å². The zero-order valence-electron chi connectivity index (χ0n) is 12.3. The lowest BCUT2D eigenvalue weighted by atomic mass is 10.1. The van der Waals surface area contributed by atoms with Crippen molar-refractivity contribution in [1.82, 2.24) is 10.6 Å². The number of urea groups is 1. The van der Waals surface area contributed by atoms with Crippen LogP contribution in [0.2, 0.25) is 0 Å². The van der Waals surface area contributed by atoms with Gasteiger partial charge in [0.1, 0.15) is 6.04 Å². The lowest BCUT2D eigenvalue weighted by Crippen LogP contribution is -2.49. The molecule has 3 N–H and O–H groups in total. The van der Waals surface area contributed by atoms with Gasteiger partial charge in [-0.25, -0.2) is 9.59 Å². The van der Waals surface area contributed by atoms with Gasteiger partial charge in [-0.2, -0.15) is 11.8 Å². The van der Waals surface area contributed by atoms with Crippen LogP contribution in [0, 0.1) is 0 Å². The quantitative estimate of drug-likeness (QED) is 0.687. The number of thioether (sulfide) groups is 1. The van der Waals surface area contributed by atoms with Gasteiger partial charge in [-0.15, -0.1) is 0 Å². The highest BCUT2D eigenvalue weighted by molar-refractivity contribution is 7.99. The fourth-order valence-electron chi connectivity index (χ4n) is 1.81. The Balaban J connectivity index is 2.50. The van der Waals surface area contributed by atoms with Crippen LogP contribution in [0.5, 0.6) is 0 Å². The van der Waals surface area contributed by atoms with Crippen molar-refractivity contribution in [3.8, 4) is 0 Å². The summed E-state index contributed by atoms with van der Waals surface area (Å²) in [5, 5.41) is 14.5. The number of carbonyl (C=O) groups is 2. The number of carbonyl (C=O) groups excluding carboxylic acids is 1. The monoisotopic (exact) mass is 310 g/mol. The Kier molecular flexibility index (Phi) is 7.68. The predicted molar refractivity (Wildman–Crippen MR) is 85.7 cm³/mol. The van der Waals surface area contributed by atoms with Gasteiger partial charge in [0.25, 0.3) is 0 Å². The Hall–Kier alpha value is -1.69. The van der Waals surface area contributed by atoms with E-state index in [2.05, 4.69) is 17.6 Å². The Labute approximate surface area is 129 Å². The molecule has 0 heterocycles. The molecule has 0 fully saturated rings. The van der Waals surface area contributed by atoms with Crippen LogP contribution in [0.25, 0.3) is 0 Å². The van der Waals surface area contributed by atoms with E-state index in [1.165, 1.54) is 0 Å². The number of hydrogen-bond donors (Lipinski definition) is 3. The van der Waals surface area contributed by atoms with Gasteiger partial charge >= 0.3 is 12.0 Å². The summed E-state index contributed by atoms with van der Waals surface area (Å²) < 4.78 is 0. The molecule has 1 unspecified atom stereocenters. The summed E-state index contributed by atoms with van der Waals surface area (Å²) in [6, 6.07) is 7.87. The summed E-state index contributed by atoms with van der Waals surface area (Å²) in [4.78, 5) is 23.1. The Morgan fingerprint density at radius 2 is 1.90 bits per heavy atom. The maximum atomic E-state index is 11.8. The van der Waals surface area contributed by atoms with E-state index in [9.17, 15) is 14.7 Å². The number of amides is 2. The fraction of sp³-hybridized carbons (Fsp3) is 0.467. The maximum Gasteiger partial charge on any atom is 0.326 e. The van der Waals surface area contributed by atoms with E-state index in [-0.39, 0.29) is 12.5 Å². The normalized spacial score (nSPS) is 13.2. The van der Waals surface area contributed by atoms with Gasteiger partial charge in [0.05, 0.1) is 0 Å². The van der Waals surface area contributed by atoms with Crippen molar-refractivity contribution in [3.05, 3.63) is 35.9 Å². The number of hydrogen-bond acceptors (Lipinski definition) is 3. The zero-order valence-corrected chi connectivity index (χ0v) is 13.2. The summed E-state index contributed by atoms with van der Waals surface area (Å²) >= 11 is 1.73. The van der Waals surface area contributed by atoms with E-state index in [0.29, 0.717) is 0 Å². The molecule has 0 saturated carbocycles. The SMILES string of the molecule is CCSCC(C)NC(=O)N[C@@H](Cc1ccccc1)C(=O)O. The smallest absolute Gasteiger partial charge is 0.326 e. The van der Waals surface area contributed by atoms with Crippen molar-refractivity contribution in [2.24, 2.45) is 0 Å². The summed E-state index contributed by atoms with van der Waals surface area (Å²) in [6.07, 6.45) is 0.266. The van der Waals surface area contributed by atoms with E-state index >= 15 is 0 Å². The Bertz CT molecular complexity index is 453. The van der Waals surface area contributed by atoms with Gasteiger partial charge in [-0.1, -0.05) is 37.3 Å². The molecule has 0 spiro atoms. The molecular weight excluding hydrogens is 288 g/mol. The van der Waals surface area contributed by atoms with Gasteiger partial charge in [0.2, 0.25) is 0 Å². The molecule has 21 heavy (non-hydrogen) atoms. The highest BCUT2D eigenvalue weighted by Gasteiger charge is 2.20. The van der Waals surface area contributed by atoms with Crippen molar-refractivity contribution >= 4 is 23.8 Å². The van der Waals surface area contributed by atoms with Crippen molar-refractivity contribution in [2.45, 2.75) is 32.4 Å². The maximum absolute atomic E-state index is 11.8. The predicted octanol–water partition coefficient (Wildman–Crippen LogP) is 2.12. The van der Waals surface area contributed by atoms with Crippen LogP contribution < -0.4 is 10.6 Å². The van der Waals surface area contributed by atoms with Crippen LogP contribution >= 0.6 is 11.8 Å². The number of carboxylic acid groups (broad SMARTS) is 1. The summed E-state index contributed by atoms with van der Waals surface area (Å²) in [7, 11) is 0. The molecule has 1 rings (SSSR count). The minimum atomic E-state index is -1.04. The molecule has 0 aliphatic heterocycles. The fourth-order valence-corrected chi connectivity index (χ4v) is 2.48. The zero-order chi connectivity index (χ0) is 15.7. The van der Waals surface area contributed by atoms with E-state index in [4.69, 9.17) is 0 Å². The van der Waals surface area contributed by atoms with E-state index in [1.807, 2.05) is 37.3 Å². The van der Waals surface area contributed by atoms with Gasteiger partial charge in [-0.05, 0) is 18.2 Å². The highest BCUT2D eigenvalue weighted by Crippen LogP contribution is 2.04. The summed E-state index contributed by atoms with van der Waals surface area (Å²) in [5.74, 6) is 0.754. The Morgan fingerprint density at radius 1 is 1.24 bits per heavy atom. The minimum Gasteiger partial charge on any atom is -0.480 e. The molecule has 116 valence electrons. The topological polar surface area (TPSA) is 78.4 Å². The third-order valence-corrected chi connectivity index (χ3v) is 3.98.